The van der Waals surface area contributed by atoms with Crippen LogP contribution in [-0.4, -0.2) is 59.3 Å². The minimum absolute atomic E-state index is 0.102. The van der Waals surface area contributed by atoms with E-state index in [0.717, 1.165) is 25.2 Å². The van der Waals surface area contributed by atoms with Crippen molar-refractivity contribution in [1.29, 1.82) is 0 Å². The minimum Gasteiger partial charge on any atom is -0.481 e. The lowest BCUT2D eigenvalue weighted by Gasteiger charge is -2.43. The second kappa shape index (κ2) is 12.5. The van der Waals surface area contributed by atoms with E-state index in [-0.39, 0.29) is 17.9 Å². The Hall–Kier alpha value is -4.15. The number of carbonyl (C=O) groups is 2. The van der Waals surface area contributed by atoms with Crippen molar-refractivity contribution in [2.45, 2.75) is 51.1 Å². The summed E-state index contributed by atoms with van der Waals surface area (Å²) in [4.78, 5) is 38.6. The van der Waals surface area contributed by atoms with Crippen LogP contribution in [0.4, 0.5) is 5.69 Å². The summed E-state index contributed by atoms with van der Waals surface area (Å²) < 4.78 is 9.84. The molecule has 2 atom stereocenters. The molecule has 1 aliphatic rings. The van der Waals surface area contributed by atoms with Crippen molar-refractivity contribution >= 4 is 47.4 Å². The highest BCUT2D eigenvalue weighted by Crippen LogP contribution is 2.38. The van der Waals surface area contributed by atoms with Gasteiger partial charge in [0.2, 0.25) is 0 Å². The molecule has 5 rings (SSSR count). The van der Waals surface area contributed by atoms with Crippen molar-refractivity contribution in [1.82, 2.24) is 9.13 Å². The lowest BCUT2D eigenvalue weighted by molar-refractivity contribution is -0.142. The number of imidazole rings is 1. The number of rotatable bonds is 11. The summed E-state index contributed by atoms with van der Waals surface area (Å²) in [5, 5.41) is 21.3. The van der Waals surface area contributed by atoms with Crippen molar-refractivity contribution in [3.63, 3.8) is 0 Å². The van der Waals surface area contributed by atoms with Gasteiger partial charge in [-0.05, 0) is 46.5 Å². The van der Waals surface area contributed by atoms with Crippen molar-refractivity contribution < 1.29 is 24.2 Å². The van der Waals surface area contributed by atoms with E-state index in [9.17, 15) is 19.5 Å². The Balaban J connectivity index is 1.39. The van der Waals surface area contributed by atoms with E-state index in [1.54, 1.807) is 13.1 Å². The zero-order valence-corrected chi connectivity index (χ0v) is 26.8. The fourth-order valence-corrected chi connectivity index (χ4v) is 11.3. The first-order valence-corrected chi connectivity index (χ1v) is 17.0. The third-order valence-corrected chi connectivity index (χ3v) is 13.9. The molecule has 1 saturated heterocycles. The van der Waals surface area contributed by atoms with Gasteiger partial charge in [0.15, 0.2) is 0 Å². The van der Waals surface area contributed by atoms with Crippen molar-refractivity contribution in [3.8, 4) is 0 Å². The number of aromatic nitrogens is 2. The monoisotopic (exact) mass is 615 g/mol. The number of fused-ring (bicyclic) bond motifs is 1. The van der Waals surface area contributed by atoms with Gasteiger partial charge in [0.25, 0.3) is 8.32 Å². The number of carboxylic acids is 2. The highest BCUT2D eigenvalue weighted by molar-refractivity contribution is 6.99. The van der Waals surface area contributed by atoms with Crippen molar-refractivity contribution in [3.05, 3.63) is 89.3 Å². The van der Waals surface area contributed by atoms with Gasteiger partial charge in [0.05, 0.1) is 11.0 Å². The van der Waals surface area contributed by atoms with E-state index in [0.29, 0.717) is 23.6 Å². The third-order valence-electron chi connectivity index (χ3n) is 8.90. The summed E-state index contributed by atoms with van der Waals surface area (Å²) in [6.07, 6.45) is 0.444. The molecule has 0 bridgehead atoms. The first-order chi connectivity index (χ1) is 20.9. The first kappa shape index (κ1) is 31.3. The van der Waals surface area contributed by atoms with E-state index < -0.39 is 32.0 Å². The molecular weight excluding hydrogens is 574 g/mol. The summed E-state index contributed by atoms with van der Waals surface area (Å²) in [6, 6.07) is 25.6. The summed E-state index contributed by atoms with van der Waals surface area (Å²) in [5.41, 5.74) is 1.56. The van der Waals surface area contributed by atoms with Gasteiger partial charge in [0, 0.05) is 44.8 Å². The molecule has 9 nitrogen and oxygen atoms in total. The van der Waals surface area contributed by atoms with Gasteiger partial charge in [-0.1, -0.05) is 81.4 Å². The van der Waals surface area contributed by atoms with E-state index in [1.165, 1.54) is 19.5 Å². The van der Waals surface area contributed by atoms with Crippen LogP contribution in [-0.2, 0) is 21.1 Å². The number of aliphatic carboxylic acids is 2. The van der Waals surface area contributed by atoms with Crippen LogP contribution in [0.25, 0.3) is 11.0 Å². The molecule has 0 radical (unpaired) electrons. The highest BCUT2D eigenvalue weighted by atomic mass is 28.4. The maximum atomic E-state index is 13.1. The Labute approximate surface area is 258 Å². The summed E-state index contributed by atoms with van der Waals surface area (Å²) in [6.45, 7) is 9.11. The number of hydrogen-bond acceptors (Lipinski definition) is 5. The van der Waals surface area contributed by atoms with Crippen molar-refractivity contribution in [2.24, 2.45) is 13.0 Å². The van der Waals surface area contributed by atoms with Crippen LogP contribution in [0.1, 0.15) is 46.1 Å². The first-order valence-electron chi connectivity index (χ1n) is 15.1. The standard InChI is InChI=1S/C34H41N3O6Si/c1-34(2,3)44(26-11-7-5-8-12-26,27-13-9-6-10-14-27)43-23-24-19-20-36(22-24)25-15-16-28-30(21-25)35(4)33(42)37(28)29(32(40)41)17-18-31(38)39/h5-16,21,24,29H,17-20,22-23H2,1-4H3,(H,38,39)(H,40,41)/t24-,29?/m1/s1. The number of carboxylic acid groups (broad SMARTS) is 2. The van der Waals surface area contributed by atoms with E-state index >= 15 is 0 Å². The van der Waals surface area contributed by atoms with Gasteiger partial charge in [0.1, 0.15) is 6.04 Å². The molecule has 0 amide bonds. The second-order valence-corrected chi connectivity index (χ2v) is 17.1. The van der Waals surface area contributed by atoms with E-state index in [4.69, 9.17) is 9.53 Å². The van der Waals surface area contributed by atoms with Gasteiger partial charge in [-0.15, -0.1) is 0 Å². The maximum Gasteiger partial charge on any atom is 0.329 e. The van der Waals surface area contributed by atoms with Crippen LogP contribution in [0.2, 0.25) is 5.04 Å². The third kappa shape index (κ3) is 5.83. The Bertz CT molecular complexity index is 1650. The van der Waals surface area contributed by atoms with Gasteiger partial charge in [-0.2, -0.15) is 0 Å². The summed E-state index contributed by atoms with van der Waals surface area (Å²) in [5.74, 6) is -2.02. The van der Waals surface area contributed by atoms with Crippen LogP contribution in [0.5, 0.6) is 0 Å². The van der Waals surface area contributed by atoms with Crippen LogP contribution in [0.3, 0.4) is 0 Å². The SMILES string of the molecule is Cn1c(=O)n(C(CCC(=O)O)C(=O)O)c2ccc(N3CC[C@@H](CO[Si](c4ccccc4)(c4ccccc4)C(C)(C)C)C3)cc21. The molecule has 3 aromatic carbocycles. The minimum atomic E-state index is -2.64. The Morgan fingerprint density at radius 2 is 1.57 bits per heavy atom. The molecule has 1 unspecified atom stereocenters. The van der Waals surface area contributed by atoms with E-state index in [1.807, 2.05) is 24.3 Å². The lowest BCUT2D eigenvalue weighted by Crippen LogP contribution is -2.67. The molecule has 1 fully saturated rings. The normalized spacial score (nSPS) is 16.4. The molecule has 4 aromatic rings. The maximum absolute atomic E-state index is 13.1. The van der Waals surface area contributed by atoms with Crippen molar-refractivity contribution in [2.75, 3.05) is 24.6 Å². The molecule has 1 aromatic heterocycles. The molecule has 0 saturated carbocycles. The number of anilines is 1. The van der Waals surface area contributed by atoms with Crippen LogP contribution < -0.4 is 21.0 Å². The fourth-order valence-electron chi connectivity index (χ4n) is 6.68. The molecule has 2 heterocycles. The van der Waals surface area contributed by atoms with Crippen LogP contribution in [0, 0.1) is 5.92 Å². The topological polar surface area (TPSA) is 114 Å². The molecule has 1 aliphatic heterocycles. The van der Waals surface area contributed by atoms with Crippen LogP contribution in [0.15, 0.2) is 83.7 Å². The predicted octanol–water partition coefficient (Wildman–Crippen LogP) is 4.23. The zero-order chi connectivity index (χ0) is 31.6. The fraction of sp³-hybridized carbons (Fsp3) is 0.382. The smallest absolute Gasteiger partial charge is 0.329 e. The summed E-state index contributed by atoms with van der Waals surface area (Å²) >= 11 is 0. The summed E-state index contributed by atoms with van der Waals surface area (Å²) in [7, 11) is -1.03. The number of aryl methyl sites for hydroxylation is 1. The van der Waals surface area contributed by atoms with Gasteiger partial charge < -0.3 is 19.5 Å². The molecular formula is C34H41N3O6Si. The molecule has 232 valence electrons. The Morgan fingerprint density at radius 1 is 0.955 bits per heavy atom. The molecule has 0 aliphatic carbocycles. The van der Waals surface area contributed by atoms with E-state index in [2.05, 4.69) is 74.2 Å². The quantitative estimate of drug-likeness (QED) is 0.243. The predicted molar refractivity (Wildman–Crippen MR) is 175 cm³/mol. The van der Waals surface area contributed by atoms with Gasteiger partial charge in [-0.25, -0.2) is 9.59 Å². The molecule has 44 heavy (non-hydrogen) atoms. The van der Waals surface area contributed by atoms with Gasteiger partial charge in [-0.3, -0.25) is 13.9 Å². The average Bonchev–Trinajstić information content (AvgIpc) is 3.56. The van der Waals surface area contributed by atoms with Crippen LogP contribution >= 0.6 is 0 Å². The largest absolute Gasteiger partial charge is 0.481 e. The Morgan fingerprint density at radius 3 is 2.11 bits per heavy atom. The van der Waals surface area contributed by atoms with Gasteiger partial charge >= 0.3 is 17.6 Å². The molecule has 10 heteroatoms. The number of nitrogens with zero attached hydrogens (tertiary/aromatic N) is 3. The number of hydrogen-bond donors (Lipinski definition) is 2. The number of benzene rings is 3. The Kier molecular flexibility index (Phi) is 8.85. The zero-order valence-electron chi connectivity index (χ0n) is 25.8. The molecule has 0 spiro atoms. The average molecular weight is 616 g/mol. The molecule has 2 N–H and O–H groups in total. The highest BCUT2D eigenvalue weighted by Gasteiger charge is 2.50. The lowest BCUT2D eigenvalue weighted by atomic mass is 10.1. The second-order valence-electron chi connectivity index (χ2n) is 12.7.